The second kappa shape index (κ2) is 3.60. The SMILES string of the molecule is O=CN1CCCC(c2ccn[nH]2)C1. The van der Waals surface area contributed by atoms with Gasteiger partial charge in [0, 0.05) is 30.9 Å². The van der Waals surface area contributed by atoms with E-state index in [1.54, 1.807) is 6.20 Å². The number of aromatic nitrogens is 2. The van der Waals surface area contributed by atoms with Crippen LogP contribution in [0.3, 0.4) is 0 Å². The number of nitrogens with one attached hydrogen (secondary N) is 1. The number of likely N-dealkylation sites (tertiary alicyclic amines) is 1. The Morgan fingerprint density at radius 2 is 2.62 bits per heavy atom. The van der Waals surface area contributed by atoms with E-state index in [1.165, 1.54) is 0 Å². The lowest BCUT2D eigenvalue weighted by atomic mass is 9.95. The van der Waals surface area contributed by atoms with Gasteiger partial charge in [-0.05, 0) is 18.9 Å². The Balaban J connectivity index is 2.04. The Morgan fingerprint density at radius 1 is 1.69 bits per heavy atom. The van der Waals surface area contributed by atoms with Crippen molar-refractivity contribution in [3.63, 3.8) is 0 Å². The van der Waals surface area contributed by atoms with Crippen molar-refractivity contribution in [3.8, 4) is 0 Å². The second-order valence-electron chi connectivity index (χ2n) is 3.45. The number of carbonyl (C=O) groups excluding carboxylic acids is 1. The zero-order valence-corrected chi connectivity index (χ0v) is 7.44. The van der Waals surface area contributed by atoms with Gasteiger partial charge in [-0.1, -0.05) is 0 Å². The molecule has 4 nitrogen and oxygen atoms in total. The number of carbonyl (C=O) groups is 1. The molecule has 1 fully saturated rings. The molecule has 2 heterocycles. The summed E-state index contributed by atoms with van der Waals surface area (Å²) in [5.41, 5.74) is 1.14. The highest BCUT2D eigenvalue weighted by atomic mass is 16.1. The molecule has 0 saturated carbocycles. The topological polar surface area (TPSA) is 49.0 Å². The minimum atomic E-state index is 0.446. The fourth-order valence-corrected chi connectivity index (χ4v) is 1.85. The van der Waals surface area contributed by atoms with Crippen LogP contribution in [0.4, 0.5) is 0 Å². The van der Waals surface area contributed by atoms with Gasteiger partial charge in [-0.25, -0.2) is 0 Å². The highest BCUT2D eigenvalue weighted by Crippen LogP contribution is 2.23. The Kier molecular flexibility index (Phi) is 2.29. The van der Waals surface area contributed by atoms with Gasteiger partial charge in [-0.3, -0.25) is 9.89 Å². The predicted octanol–water partition coefficient (Wildman–Crippen LogP) is 0.745. The third-order valence-corrected chi connectivity index (χ3v) is 2.56. The standard InChI is InChI=1S/C9H13N3O/c13-7-12-5-1-2-8(6-12)9-3-4-10-11-9/h3-4,7-8H,1-2,5-6H2,(H,10,11). The van der Waals surface area contributed by atoms with Crippen LogP contribution >= 0.6 is 0 Å². The molecule has 13 heavy (non-hydrogen) atoms. The Hall–Kier alpha value is -1.32. The minimum absolute atomic E-state index is 0.446. The molecule has 1 aromatic rings. The van der Waals surface area contributed by atoms with Crippen LogP contribution in [0, 0.1) is 0 Å². The number of amides is 1. The van der Waals surface area contributed by atoms with Crippen LogP contribution < -0.4 is 0 Å². The van der Waals surface area contributed by atoms with Crippen LogP contribution in [0.2, 0.25) is 0 Å². The average Bonchev–Trinajstić information content (AvgIpc) is 2.71. The molecule has 0 bridgehead atoms. The summed E-state index contributed by atoms with van der Waals surface area (Å²) in [6.07, 6.45) is 4.92. The molecule has 1 aliphatic rings. The van der Waals surface area contributed by atoms with E-state index in [0.717, 1.165) is 38.0 Å². The van der Waals surface area contributed by atoms with E-state index in [4.69, 9.17) is 0 Å². The van der Waals surface area contributed by atoms with Crippen molar-refractivity contribution in [2.45, 2.75) is 18.8 Å². The maximum atomic E-state index is 10.6. The predicted molar refractivity (Wildman–Crippen MR) is 48.2 cm³/mol. The molecule has 2 rings (SSSR count). The number of hydrogen-bond donors (Lipinski definition) is 1. The highest BCUT2D eigenvalue weighted by Gasteiger charge is 2.20. The summed E-state index contributed by atoms with van der Waals surface area (Å²) in [5, 5.41) is 6.88. The third kappa shape index (κ3) is 1.71. The molecule has 1 aromatic heterocycles. The van der Waals surface area contributed by atoms with Gasteiger partial charge in [0.25, 0.3) is 0 Å². The number of piperidine rings is 1. The maximum Gasteiger partial charge on any atom is 0.209 e. The zero-order valence-electron chi connectivity index (χ0n) is 7.44. The Bertz CT molecular complexity index is 270. The first-order chi connectivity index (χ1) is 6.40. The lowest BCUT2D eigenvalue weighted by Gasteiger charge is -2.28. The molecule has 1 saturated heterocycles. The molecular formula is C9H13N3O. The van der Waals surface area contributed by atoms with E-state index in [9.17, 15) is 4.79 Å². The van der Waals surface area contributed by atoms with Gasteiger partial charge in [-0.15, -0.1) is 0 Å². The molecular weight excluding hydrogens is 166 g/mol. The summed E-state index contributed by atoms with van der Waals surface area (Å²) < 4.78 is 0. The maximum absolute atomic E-state index is 10.6. The van der Waals surface area contributed by atoms with Crippen molar-refractivity contribution in [3.05, 3.63) is 18.0 Å². The molecule has 0 spiro atoms. The molecule has 1 unspecified atom stereocenters. The van der Waals surface area contributed by atoms with Crippen LogP contribution in [0.5, 0.6) is 0 Å². The molecule has 1 N–H and O–H groups in total. The Labute approximate surface area is 76.9 Å². The second-order valence-corrected chi connectivity index (χ2v) is 3.45. The molecule has 1 amide bonds. The van der Waals surface area contributed by atoms with Crippen molar-refractivity contribution < 1.29 is 4.79 Å². The van der Waals surface area contributed by atoms with Gasteiger partial charge < -0.3 is 4.90 Å². The summed E-state index contributed by atoms with van der Waals surface area (Å²) in [6, 6.07) is 1.99. The number of H-pyrrole nitrogens is 1. The molecule has 0 aliphatic carbocycles. The lowest BCUT2D eigenvalue weighted by Crippen LogP contribution is -2.33. The molecule has 4 heteroatoms. The van der Waals surface area contributed by atoms with Crippen molar-refractivity contribution in [1.29, 1.82) is 0 Å². The van der Waals surface area contributed by atoms with Crippen LogP contribution in [0.25, 0.3) is 0 Å². The first kappa shape index (κ1) is 8.29. The number of rotatable bonds is 2. The summed E-state index contributed by atoms with van der Waals surface area (Å²) in [4.78, 5) is 12.4. The summed E-state index contributed by atoms with van der Waals surface area (Å²) in [7, 11) is 0. The number of hydrogen-bond acceptors (Lipinski definition) is 2. The van der Waals surface area contributed by atoms with Crippen molar-refractivity contribution >= 4 is 6.41 Å². The normalized spacial score (nSPS) is 23.1. The van der Waals surface area contributed by atoms with Gasteiger partial charge in [-0.2, -0.15) is 5.10 Å². The highest BCUT2D eigenvalue weighted by molar-refractivity contribution is 5.47. The molecule has 0 aromatic carbocycles. The van der Waals surface area contributed by atoms with Gasteiger partial charge in [0.15, 0.2) is 0 Å². The van der Waals surface area contributed by atoms with E-state index < -0.39 is 0 Å². The zero-order chi connectivity index (χ0) is 9.10. The Morgan fingerprint density at radius 3 is 3.31 bits per heavy atom. The van der Waals surface area contributed by atoms with E-state index in [1.807, 2.05) is 11.0 Å². The first-order valence-electron chi connectivity index (χ1n) is 4.59. The van der Waals surface area contributed by atoms with Crippen molar-refractivity contribution in [2.75, 3.05) is 13.1 Å². The monoisotopic (exact) mass is 179 g/mol. The number of nitrogens with zero attached hydrogens (tertiary/aromatic N) is 2. The van der Waals surface area contributed by atoms with Crippen LogP contribution in [-0.4, -0.2) is 34.6 Å². The van der Waals surface area contributed by atoms with E-state index in [-0.39, 0.29) is 0 Å². The van der Waals surface area contributed by atoms with E-state index >= 15 is 0 Å². The van der Waals surface area contributed by atoms with Gasteiger partial charge in [0.2, 0.25) is 6.41 Å². The van der Waals surface area contributed by atoms with Gasteiger partial charge >= 0.3 is 0 Å². The van der Waals surface area contributed by atoms with Crippen molar-refractivity contribution in [1.82, 2.24) is 15.1 Å². The average molecular weight is 179 g/mol. The quantitative estimate of drug-likeness (QED) is 0.681. The van der Waals surface area contributed by atoms with Gasteiger partial charge in [0.05, 0.1) is 0 Å². The fraction of sp³-hybridized carbons (Fsp3) is 0.556. The smallest absolute Gasteiger partial charge is 0.209 e. The first-order valence-corrected chi connectivity index (χ1v) is 4.59. The van der Waals surface area contributed by atoms with Crippen molar-refractivity contribution in [2.24, 2.45) is 0 Å². The van der Waals surface area contributed by atoms with E-state index in [2.05, 4.69) is 10.2 Å². The molecule has 70 valence electrons. The van der Waals surface area contributed by atoms with Crippen LogP contribution in [-0.2, 0) is 4.79 Å². The van der Waals surface area contributed by atoms with Gasteiger partial charge in [0.1, 0.15) is 0 Å². The lowest BCUT2D eigenvalue weighted by molar-refractivity contribution is -0.119. The summed E-state index contributed by atoms with van der Waals surface area (Å²) in [5.74, 6) is 0.446. The fourth-order valence-electron chi connectivity index (χ4n) is 1.85. The molecule has 1 aliphatic heterocycles. The molecule has 1 atom stereocenters. The molecule has 0 radical (unpaired) electrons. The number of aromatic amines is 1. The third-order valence-electron chi connectivity index (χ3n) is 2.56. The minimum Gasteiger partial charge on any atom is -0.345 e. The van der Waals surface area contributed by atoms with Crippen LogP contribution in [0.1, 0.15) is 24.5 Å². The summed E-state index contributed by atoms with van der Waals surface area (Å²) in [6.45, 7) is 1.72. The summed E-state index contributed by atoms with van der Waals surface area (Å²) >= 11 is 0. The largest absolute Gasteiger partial charge is 0.345 e. The van der Waals surface area contributed by atoms with Crippen LogP contribution in [0.15, 0.2) is 12.3 Å². The van der Waals surface area contributed by atoms with E-state index in [0.29, 0.717) is 5.92 Å².